The molecule has 2 aliphatic carbocycles. The van der Waals surface area contributed by atoms with E-state index in [1.165, 1.54) is 12.8 Å². The van der Waals surface area contributed by atoms with E-state index < -0.39 is 0 Å². The van der Waals surface area contributed by atoms with Crippen molar-refractivity contribution in [3.63, 3.8) is 0 Å². The fourth-order valence-electron chi connectivity index (χ4n) is 2.76. The summed E-state index contributed by atoms with van der Waals surface area (Å²) < 4.78 is 5.69. The summed E-state index contributed by atoms with van der Waals surface area (Å²) >= 11 is 0. The summed E-state index contributed by atoms with van der Waals surface area (Å²) in [5.41, 5.74) is 6.49. The van der Waals surface area contributed by atoms with Crippen molar-refractivity contribution in [3.05, 3.63) is 12.1 Å². The first-order valence-electron chi connectivity index (χ1n) is 7.53. The molecule has 2 unspecified atom stereocenters. The molecule has 2 atom stereocenters. The molecule has 0 spiro atoms. The quantitative estimate of drug-likeness (QED) is 0.741. The molecule has 0 aromatic carbocycles. The lowest BCUT2D eigenvalue weighted by molar-refractivity contribution is 0.222. The van der Waals surface area contributed by atoms with Crippen LogP contribution < -0.4 is 15.8 Å². The molecular formula is C15H23N3O2. The first kappa shape index (κ1) is 13.5. The van der Waals surface area contributed by atoms with Gasteiger partial charge >= 0.3 is 0 Å². The Morgan fingerprint density at radius 3 is 2.90 bits per heavy atom. The highest BCUT2D eigenvalue weighted by Gasteiger charge is 2.27. The van der Waals surface area contributed by atoms with E-state index in [1.54, 1.807) is 0 Å². The zero-order valence-corrected chi connectivity index (χ0v) is 11.7. The summed E-state index contributed by atoms with van der Waals surface area (Å²) in [5, 5.41) is 12.8. The third-order valence-electron chi connectivity index (χ3n) is 4.27. The number of aromatic nitrogens is 1. The average Bonchev–Trinajstić information content (AvgIpc) is 3.18. The molecule has 1 aromatic rings. The van der Waals surface area contributed by atoms with Crippen LogP contribution in [0.25, 0.3) is 0 Å². The third kappa shape index (κ3) is 3.15. The Morgan fingerprint density at radius 2 is 2.15 bits per heavy atom. The van der Waals surface area contributed by atoms with Crippen LogP contribution >= 0.6 is 0 Å². The van der Waals surface area contributed by atoms with Crippen LogP contribution in [0.2, 0.25) is 0 Å². The molecule has 5 heteroatoms. The Balaban J connectivity index is 1.64. The number of aliphatic hydroxyl groups is 1. The van der Waals surface area contributed by atoms with Crippen LogP contribution in [0, 0.1) is 11.8 Å². The van der Waals surface area contributed by atoms with Gasteiger partial charge in [0.15, 0.2) is 0 Å². The van der Waals surface area contributed by atoms with Crippen LogP contribution in [0.4, 0.5) is 11.5 Å². The van der Waals surface area contributed by atoms with Gasteiger partial charge in [-0.3, -0.25) is 0 Å². The zero-order chi connectivity index (χ0) is 13.9. The molecule has 110 valence electrons. The second-order valence-corrected chi connectivity index (χ2v) is 5.97. The normalized spacial score (nSPS) is 25.6. The smallest absolute Gasteiger partial charge is 0.239 e. The Kier molecular flexibility index (Phi) is 3.96. The number of ether oxygens (including phenoxy) is 1. The van der Waals surface area contributed by atoms with E-state index in [9.17, 15) is 5.11 Å². The second-order valence-electron chi connectivity index (χ2n) is 5.97. The van der Waals surface area contributed by atoms with E-state index >= 15 is 0 Å². The Morgan fingerprint density at radius 1 is 1.30 bits per heavy atom. The van der Waals surface area contributed by atoms with Gasteiger partial charge in [-0.05, 0) is 43.7 Å². The number of aliphatic hydroxyl groups excluding tert-OH is 1. The van der Waals surface area contributed by atoms with Gasteiger partial charge in [0.25, 0.3) is 0 Å². The number of pyridine rings is 1. The van der Waals surface area contributed by atoms with Crippen LogP contribution in [0.1, 0.15) is 32.1 Å². The minimum absolute atomic E-state index is 0.234. The van der Waals surface area contributed by atoms with Gasteiger partial charge in [-0.25, -0.2) is 0 Å². The predicted molar refractivity (Wildman–Crippen MR) is 78.7 cm³/mol. The van der Waals surface area contributed by atoms with Crippen LogP contribution in [0.15, 0.2) is 12.1 Å². The summed E-state index contributed by atoms with van der Waals surface area (Å²) in [6, 6.07) is 4.01. The average molecular weight is 277 g/mol. The highest BCUT2D eigenvalue weighted by molar-refractivity contribution is 5.54. The van der Waals surface area contributed by atoms with E-state index in [0.29, 0.717) is 36.1 Å². The lowest BCUT2D eigenvalue weighted by Crippen LogP contribution is -2.26. The van der Waals surface area contributed by atoms with Crippen molar-refractivity contribution in [1.29, 1.82) is 0 Å². The molecule has 2 fully saturated rings. The number of anilines is 2. The van der Waals surface area contributed by atoms with Crippen molar-refractivity contribution in [2.45, 2.75) is 38.1 Å². The molecule has 5 nitrogen and oxygen atoms in total. The number of hydrogen-bond donors (Lipinski definition) is 3. The van der Waals surface area contributed by atoms with Crippen molar-refractivity contribution in [2.24, 2.45) is 11.8 Å². The van der Waals surface area contributed by atoms with E-state index in [1.807, 2.05) is 12.1 Å². The molecule has 0 saturated heterocycles. The van der Waals surface area contributed by atoms with Gasteiger partial charge in [0.1, 0.15) is 5.82 Å². The first-order chi connectivity index (χ1) is 9.76. The fraction of sp³-hybridized carbons (Fsp3) is 0.667. The molecule has 2 aliphatic rings. The molecule has 0 amide bonds. The van der Waals surface area contributed by atoms with Gasteiger partial charge in [-0.2, -0.15) is 4.98 Å². The minimum Gasteiger partial charge on any atom is -0.476 e. The van der Waals surface area contributed by atoms with Crippen LogP contribution in [0.5, 0.6) is 5.88 Å². The predicted octanol–water partition coefficient (Wildman–Crippen LogP) is 2.03. The van der Waals surface area contributed by atoms with Gasteiger partial charge in [0.05, 0.1) is 12.3 Å². The van der Waals surface area contributed by atoms with Gasteiger partial charge in [0, 0.05) is 18.6 Å². The van der Waals surface area contributed by atoms with E-state index in [4.69, 9.17) is 10.5 Å². The highest BCUT2D eigenvalue weighted by atomic mass is 16.5. The minimum atomic E-state index is 0.234. The molecule has 3 rings (SSSR count). The molecule has 0 aliphatic heterocycles. The van der Waals surface area contributed by atoms with Gasteiger partial charge in [-0.15, -0.1) is 0 Å². The molecule has 1 heterocycles. The Labute approximate surface area is 119 Å². The highest BCUT2D eigenvalue weighted by Crippen LogP contribution is 2.32. The maximum atomic E-state index is 9.36. The van der Waals surface area contributed by atoms with Crippen molar-refractivity contribution < 1.29 is 9.84 Å². The number of rotatable bonds is 6. The summed E-state index contributed by atoms with van der Waals surface area (Å²) in [5.74, 6) is 2.32. The Hall–Kier alpha value is -1.49. The number of hydrogen-bond acceptors (Lipinski definition) is 5. The second kappa shape index (κ2) is 5.87. The number of nitrogens with zero attached hydrogens (tertiary/aromatic N) is 1. The summed E-state index contributed by atoms with van der Waals surface area (Å²) in [6.07, 6.45) is 5.81. The van der Waals surface area contributed by atoms with Crippen molar-refractivity contribution in [1.82, 2.24) is 4.98 Å². The topological polar surface area (TPSA) is 80.4 Å². The van der Waals surface area contributed by atoms with Crippen molar-refractivity contribution in [3.8, 4) is 5.88 Å². The van der Waals surface area contributed by atoms with Gasteiger partial charge < -0.3 is 20.9 Å². The van der Waals surface area contributed by atoms with Crippen LogP contribution in [0.3, 0.4) is 0 Å². The summed E-state index contributed by atoms with van der Waals surface area (Å²) in [7, 11) is 0. The lowest BCUT2D eigenvalue weighted by Gasteiger charge is -2.20. The first-order valence-corrected chi connectivity index (χ1v) is 7.53. The third-order valence-corrected chi connectivity index (χ3v) is 4.27. The SMILES string of the molecule is Nc1ccc(NC2CCCC2CO)nc1OCC1CC1. The summed E-state index contributed by atoms with van der Waals surface area (Å²) in [4.78, 5) is 4.46. The van der Waals surface area contributed by atoms with Gasteiger partial charge in [-0.1, -0.05) is 6.42 Å². The van der Waals surface area contributed by atoms with Crippen molar-refractivity contribution in [2.75, 3.05) is 24.3 Å². The fourth-order valence-corrected chi connectivity index (χ4v) is 2.76. The standard InChI is InChI=1S/C15H23N3O2/c16-12-6-7-14(17-13-3-1-2-11(13)8-19)18-15(12)20-9-10-4-5-10/h6-7,10-11,13,19H,1-5,8-9,16H2,(H,17,18). The largest absolute Gasteiger partial charge is 0.476 e. The summed E-state index contributed by atoms with van der Waals surface area (Å²) in [6.45, 7) is 0.945. The molecule has 0 radical (unpaired) electrons. The molecule has 2 saturated carbocycles. The van der Waals surface area contributed by atoms with Crippen molar-refractivity contribution >= 4 is 11.5 Å². The molecular weight excluding hydrogens is 254 g/mol. The molecule has 0 bridgehead atoms. The van der Waals surface area contributed by atoms with Crippen LogP contribution in [-0.4, -0.2) is 29.3 Å². The molecule has 20 heavy (non-hydrogen) atoms. The van der Waals surface area contributed by atoms with Gasteiger partial charge in [0.2, 0.25) is 5.88 Å². The van der Waals surface area contributed by atoms with E-state index in [-0.39, 0.29) is 6.61 Å². The number of nitrogens with one attached hydrogen (secondary N) is 1. The number of nitrogen functional groups attached to an aromatic ring is 1. The monoisotopic (exact) mass is 277 g/mol. The van der Waals surface area contributed by atoms with E-state index in [2.05, 4.69) is 10.3 Å². The maximum Gasteiger partial charge on any atom is 0.239 e. The zero-order valence-electron chi connectivity index (χ0n) is 11.7. The molecule has 4 N–H and O–H groups in total. The Bertz CT molecular complexity index is 462. The number of nitrogens with two attached hydrogens (primary N) is 1. The molecule has 1 aromatic heterocycles. The van der Waals surface area contributed by atoms with E-state index in [0.717, 1.165) is 25.1 Å². The van der Waals surface area contributed by atoms with Crippen LogP contribution in [-0.2, 0) is 0 Å². The maximum absolute atomic E-state index is 9.36. The lowest BCUT2D eigenvalue weighted by atomic mass is 10.1.